The average molecular weight is 889 g/mol. The Bertz CT molecular complexity index is 982. The number of rotatable bonds is 52. The molecule has 3 N–H and O–H groups in total. The summed E-state index contributed by atoms with van der Waals surface area (Å²) in [6, 6.07) is -0.541. The van der Waals surface area contributed by atoms with Gasteiger partial charge >= 0.3 is 5.97 Å². The van der Waals surface area contributed by atoms with Gasteiger partial charge in [-0.1, -0.05) is 263 Å². The van der Waals surface area contributed by atoms with Crippen molar-refractivity contribution < 1.29 is 24.5 Å². The SMILES string of the molecule is CCC/C=C\C/C=C\CCCCCCCC(=O)OCCCCCCCCCCCCCCCCCCCCCCCC(=O)NC(CO)C(O)CCCCCCCCCCCCCC. The maximum Gasteiger partial charge on any atom is 0.305 e. The molecular formula is C57H109NO5. The Morgan fingerprint density at radius 1 is 0.444 bits per heavy atom. The lowest BCUT2D eigenvalue weighted by molar-refractivity contribution is -0.143. The van der Waals surface area contributed by atoms with E-state index < -0.39 is 12.1 Å². The number of hydrogen-bond acceptors (Lipinski definition) is 5. The second kappa shape index (κ2) is 53.0. The molecular weight excluding hydrogens is 779 g/mol. The Labute approximate surface area is 392 Å². The smallest absolute Gasteiger partial charge is 0.305 e. The number of unbranched alkanes of at least 4 members (excludes halogenated alkanes) is 37. The van der Waals surface area contributed by atoms with Crippen LogP contribution < -0.4 is 5.32 Å². The average Bonchev–Trinajstić information content (AvgIpc) is 3.28. The molecule has 6 heteroatoms. The van der Waals surface area contributed by atoms with E-state index in [0.29, 0.717) is 25.9 Å². The second-order valence-electron chi connectivity index (χ2n) is 19.3. The summed E-state index contributed by atoms with van der Waals surface area (Å²) >= 11 is 0. The first-order chi connectivity index (χ1) is 31.0. The molecule has 2 unspecified atom stereocenters. The van der Waals surface area contributed by atoms with Crippen LogP contribution in [0.1, 0.15) is 303 Å². The topological polar surface area (TPSA) is 95.9 Å². The van der Waals surface area contributed by atoms with Gasteiger partial charge in [0.25, 0.3) is 0 Å². The Morgan fingerprint density at radius 2 is 0.825 bits per heavy atom. The van der Waals surface area contributed by atoms with Crippen LogP contribution in [0.25, 0.3) is 0 Å². The van der Waals surface area contributed by atoms with Gasteiger partial charge in [-0.15, -0.1) is 0 Å². The summed E-state index contributed by atoms with van der Waals surface area (Å²) in [6.07, 6.45) is 63.1. The first-order valence-corrected chi connectivity index (χ1v) is 28.1. The third-order valence-electron chi connectivity index (χ3n) is 13.0. The van der Waals surface area contributed by atoms with Gasteiger partial charge in [0.2, 0.25) is 5.91 Å². The zero-order chi connectivity index (χ0) is 45.8. The molecule has 372 valence electrons. The van der Waals surface area contributed by atoms with Crippen LogP contribution >= 0.6 is 0 Å². The molecule has 0 aromatic carbocycles. The minimum atomic E-state index is -0.663. The minimum absolute atomic E-state index is 0.00340. The second-order valence-corrected chi connectivity index (χ2v) is 19.3. The van der Waals surface area contributed by atoms with Crippen molar-refractivity contribution in [2.75, 3.05) is 13.2 Å². The molecule has 63 heavy (non-hydrogen) atoms. The number of nitrogens with one attached hydrogen (secondary N) is 1. The molecule has 0 aliphatic rings. The number of amides is 1. The maximum absolute atomic E-state index is 12.4. The van der Waals surface area contributed by atoms with E-state index in [1.807, 2.05) is 0 Å². The highest BCUT2D eigenvalue weighted by atomic mass is 16.5. The monoisotopic (exact) mass is 888 g/mol. The summed E-state index contributed by atoms with van der Waals surface area (Å²) in [5.41, 5.74) is 0. The van der Waals surface area contributed by atoms with Crippen molar-refractivity contribution in [3.63, 3.8) is 0 Å². The van der Waals surface area contributed by atoms with Crippen LogP contribution in [-0.2, 0) is 14.3 Å². The molecule has 2 atom stereocenters. The Kier molecular flexibility index (Phi) is 51.6. The third-order valence-corrected chi connectivity index (χ3v) is 13.0. The lowest BCUT2D eigenvalue weighted by atomic mass is 10.0. The van der Waals surface area contributed by atoms with Gasteiger partial charge in [-0.3, -0.25) is 9.59 Å². The molecule has 0 aliphatic carbocycles. The predicted octanol–water partition coefficient (Wildman–Crippen LogP) is 17.1. The molecule has 0 saturated carbocycles. The highest BCUT2D eigenvalue weighted by molar-refractivity contribution is 5.76. The molecule has 1 amide bonds. The Morgan fingerprint density at radius 3 is 1.27 bits per heavy atom. The van der Waals surface area contributed by atoms with Gasteiger partial charge in [-0.05, 0) is 51.4 Å². The van der Waals surface area contributed by atoms with Gasteiger partial charge in [0, 0.05) is 12.8 Å². The normalized spacial score (nSPS) is 12.8. The Balaban J connectivity index is 3.38. The first kappa shape index (κ1) is 61.3. The number of carbonyl (C=O) groups excluding carboxylic acids is 2. The fourth-order valence-corrected chi connectivity index (χ4v) is 8.68. The van der Waals surface area contributed by atoms with E-state index in [1.54, 1.807) is 0 Å². The lowest BCUT2D eigenvalue weighted by Gasteiger charge is -2.22. The van der Waals surface area contributed by atoms with Crippen molar-refractivity contribution >= 4 is 11.9 Å². The summed E-state index contributed by atoms with van der Waals surface area (Å²) in [4.78, 5) is 24.4. The molecule has 0 heterocycles. The zero-order valence-electron chi connectivity index (χ0n) is 42.3. The molecule has 0 fully saturated rings. The van der Waals surface area contributed by atoms with E-state index in [1.165, 1.54) is 218 Å². The van der Waals surface area contributed by atoms with E-state index in [0.717, 1.165) is 51.4 Å². The summed E-state index contributed by atoms with van der Waals surface area (Å²) in [5.74, 6) is -0.0396. The number of ether oxygens (including phenoxy) is 1. The summed E-state index contributed by atoms with van der Waals surface area (Å²) in [6.45, 7) is 4.88. The number of hydrogen-bond donors (Lipinski definition) is 3. The van der Waals surface area contributed by atoms with Crippen LogP contribution in [0.15, 0.2) is 24.3 Å². The van der Waals surface area contributed by atoms with Gasteiger partial charge in [-0.2, -0.15) is 0 Å². The molecule has 0 spiro atoms. The van der Waals surface area contributed by atoms with Crippen LogP contribution in [-0.4, -0.2) is 47.4 Å². The maximum atomic E-state index is 12.4. The summed E-state index contributed by atoms with van der Waals surface area (Å²) in [7, 11) is 0. The van der Waals surface area contributed by atoms with Gasteiger partial charge in [-0.25, -0.2) is 0 Å². The molecule has 0 rings (SSSR count). The van der Waals surface area contributed by atoms with Crippen molar-refractivity contribution in [3.05, 3.63) is 24.3 Å². The predicted molar refractivity (Wildman–Crippen MR) is 273 cm³/mol. The largest absolute Gasteiger partial charge is 0.466 e. The van der Waals surface area contributed by atoms with Crippen molar-refractivity contribution in [1.29, 1.82) is 0 Å². The third kappa shape index (κ3) is 49.6. The number of carbonyl (C=O) groups is 2. The first-order valence-electron chi connectivity index (χ1n) is 28.1. The molecule has 0 bridgehead atoms. The van der Waals surface area contributed by atoms with Crippen LogP contribution in [0, 0.1) is 0 Å². The van der Waals surface area contributed by atoms with Crippen LogP contribution in [0.2, 0.25) is 0 Å². The zero-order valence-corrected chi connectivity index (χ0v) is 42.3. The van der Waals surface area contributed by atoms with Crippen LogP contribution in [0.3, 0.4) is 0 Å². The highest BCUT2D eigenvalue weighted by Crippen LogP contribution is 2.17. The fourth-order valence-electron chi connectivity index (χ4n) is 8.68. The lowest BCUT2D eigenvalue weighted by Crippen LogP contribution is -2.45. The molecule has 0 saturated heterocycles. The van der Waals surface area contributed by atoms with Gasteiger partial charge in [0.1, 0.15) is 0 Å². The number of aliphatic hydroxyl groups excluding tert-OH is 2. The van der Waals surface area contributed by atoms with E-state index in [4.69, 9.17) is 4.74 Å². The van der Waals surface area contributed by atoms with E-state index in [9.17, 15) is 19.8 Å². The number of esters is 1. The standard InChI is InChI=1S/C57H109NO5/c1-3-5-7-9-11-13-15-26-31-35-39-43-47-51-57(62)63-52-48-44-40-36-32-28-25-23-21-19-17-18-20-22-24-27-30-34-38-42-46-50-56(61)58-54(53-59)55(60)49-45-41-37-33-29-16-14-12-10-8-6-4-2/h7,9,13,15,54-55,59-60H,3-6,8,10-12,14,16-53H2,1-2H3,(H,58,61)/b9-7-,15-13-. The van der Waals surface area contributed by atoms with Crippen LogP contribution in [0.5, 0.6) is 0 Å². The minimum Gasteiger partial charge on any atom is -0.466 e. The highest BCUT2D eigenvalue weighted by Gasteiger charge is 2.20. The summed E-state index contributed by atoms with van der Waals surface area (Å²) < 4.78 is 5.46. The van der Waals surface area contributed by atoms with Crippen molar-refractivity contribution in [2.24, 2.45) is 0 Å². The molecule has 0 radical (unpaired) electrons. The number of allylic oxidation sites excluding steroid dienone is 4. The van der Waals surface area contributed by atoms with Gasteiger partial charge in [0.15, 0.2) is 0 Å². The van der Waals surface area contributed by atoms with Crippen molar-refractivity contribution in [1.82, 2.24) is 5.32 Å². The summed E-state index contributed by atoms with van der Waals surface area (Å²) in [5, 5.41) is 23.2. The molecule has 0 aliphatic heterocycles. The van der Waals surface area contributed by atoms with Crippen molar-refractivity contribution in [3.8, 4) is 0 Å². The molecule has 0 aromatic heterocycles. The van der Waals surface area contributed by atoms with Gasteiger partial charge < -0.3 is 20.3 Å². The Hall–Kier alpha value is -1.66. The van der Waals surface area contributed by atoms with E-state index in [2.05, 4.69) is 43.5 Å². The van der Waals surface area contributed by atoms with Gasteiger partial charge in [0.05, 0.1) is 25.4 Å². The number of aliphatic hydroxyl groups is 2. The molecule has 0 aromatic rings. The molecule has 6 nitrogen and oxygen atoms in total. The van der Waals surface area contributed by atoms with E-state index in [-0.39, 0.29) is 18.5 Å². The fraction of sp³-hybridized carbons (Fsp3) is 0.895. The van der Waals surface area contributed by atoms with E-state index >= 15 is 0 Å². The van der Waals surface area contributed by atoms with Crippen LogP contribution in [0.4, 0.5) is 0 Å². The quantitative estimate of drug-likeness (QED) is 0.0321. The van der Waals surface area contributed by atoms with Crippen molar-refractivity contribution in [2.45, 2.75) is 315 Å².